The number of para-hydroxylation sites is 1. The first kappa shape index (κ1) is 27.0. The summed E-state index contributed by atoms with van der Waals surface area (Å²) in [6.45, 7) is 8.31. The number of nitrogens with one attached hydrogen (secondary N) is 2. The van der Waals surface area contributed by atoms with Crippen LogP contribution in [0.15, 0.2) is 61.4 Å². The molecule has 2 aromatic heterocycles. The topological polar surface area (TPSA) is 114 Å². The Bertz CT molecular complexity index is 1750. The average Bonchev–Trinajstić information content (AvgIpc) is 3.32. The van der Waals surface area contributed by atoms with Gasteiger partial charge in [0.25, 0.3) is 0 Å². The van der Waals surface area contributed by atoms with Gasteiger partial charge in [0.05, 0.1) is 40.0 Å². The van der Waals surface area contributed by atoms with Gasteiger partial charge in [-0.25, -0.2) is 14.8 Å². The number of fused-ring (bicyclic) bond motifs is 1. The van der Waals surface area contributed by atoms with E-state index >= 15 is 0 Å². The number of hydrogen-bond donors (Lipinski definition) is 2. The summed E-state index contributed by atoms with van der Waals surface area (Å²) in [5.41, 5.74) is 3.14. The van der Waals surface area contributed by atoms with Crippen molar-refractivity contribution < 1.29 is 23.2 Å². The minimum absolute atomic E-state index is 0.0260. The molecular formula is C32H39N7O4. The highest BCUT2D eigenvalue weighted by molar-refractivity contribution is 6.04. The monoisotopic (exact) mass is 588 g/mol. The summed E-state index contributed by atoms with van der Waals surface area (Å²) < 4.78 is 36.3. The smallest absolute Gasteiger partial charge is 0.342 e. The van der Waals surface area contributed by atoms with Crippen LogP contribution in [0.2, 0.25) is 0 Å². The van der Waals surface area contributed by atoms with E-state index in [0.29, 0.717) is 35.7 Å². The van der Waals surface area contributed by atoms with Gasteiger partial charge in [0.2, 0.25) is 11.9 Å². The quantitative estimate of drug-likeness (QED) is 0.173. The van der Waals surface area contributed by atoms with Crippen LogP contribution in [-0.2, 0) is 16.6 Å². The van der Waals surface area contributed by atoms with Gasteiger partial charge in [-0.1, -0.05) is 24.8 Å². The molecule has 11 heteroatoms. The Kier molecular flexibility index (Phi) is 8.39. The van der Waals surface area contributed by atoms with Gasteiger partial charge in [-0.05, 0) is 46.2 Å². The number of amides is 1. The molecule has 0 fully saturated rings. The summed E-state index contributed by atoms with van der Waals surface area (Å²) in [5.74, 6) is -1.02. The van der Waals surface area contributed by atoms with E-state index in [1.165, 1.54) is 12.3 Å². The Morgan fingerprint density at radius 1 is 1.16 bits per heavy atom. The van der Waals surface area contributed by atoms with Gasteiger partial charge in [0, 0.05) is 62.1 Å². The molecule has 4 aromatic rings. The zero-order chi connectivity index (χ0) is 33.8. The lowest BCUT2D eigenvalue weighted by atomic mass is 10.1. The number of benzene rings is 2. The molecule has 0 bridgehead atoms. The second kappa shape index (κ2) is 13.4. The lowest BCUT2D eigenvalue weighted by Crippen LogP contribution is -2.29. The molecule has 0 aliphatic heterocycles. The van der Waals surface area contributed by atoms with E-state index in [4.69, 9.17) is 18.6 Å². The minimum Gasteiger partial charge on any atom is -0.494 e. The van der Waals surface area contributed by atoms with Crippen molar-refractivity contribution in [2.45, 2.75) is 20.0 Å². The number of hydrogen-bond acceptors (Lipinski definition) is 9. The Morgan fingerprint density at radius 2 is 1.93 bits per heavy atom. The normalized spacial score (nSPS) is 12.4. The predicted molar refractivity (Wildman–Crippen MR) is 171 cm³/mol. The number of nitrogens with zero attached hydrogens (tertiary/aromatic N) is 5. The third kappa shape index (κ3) is 7.12. The summed E-state index contributed by atoms with van der Waals surface area (Å²) in [4.78, 5) is 38.6. The fourth-order valence-corrected chi connectivity index (χ4v) is 4.55. The molecule has 2 aromatic carbocycles. The highest BCUT2D eigenvalue weighted by Crippen LogP contribution is 2.39. The Balaban J connectivity index is 1.88. The lowest BCUT2D eigenvalue weighted by Gasteiger charge is -2.26. The number of aryl methyl sites for hydroxylation is 1. The van der Waals surface area contributed by atoms with E-state index in [1.807, 2.05) is 73.0 Å². The van der Waals surface area contributed by atoms with Crippen LogP contribution in [0.4, 0.5) is 23.0 Å². The van der Waals surface area contributed by atoms with Crippen LogP contribution in [0.5, 0.6) is 5.75 Å². The summed E-state index contributed by atoms with van der Waals surface area (Å²) >= 11 is 0. The van der Waals surface area contributed by atoms with Crippen molar-refractivity contribution >= 4 is 45.8 Å². The highest BCUT2D eigenvalue weighted by atomic mass is 16.5. The molecule has 0 unspecified atom stereocenters. The Morgan fingerprint density at radius 3 is 2.63 bits per heavy atom. The molecule has 0 aliphatic rings. The average molecular weight is 589 g/mol. The summed E-state index contributed by atoms with van der Waals surface area (Å²) in [6.07, 6.45) is 4.00. The fraction of sp³-hybridized carbons (Fsp3) is 0.312. The SMILES string of the molecule is [2H]C([2H])([2H])Oc1cc(N(C)CCN(C)C)c(NC(=O)C=C)cc1Nc1ncc(C(=O)OC(C)C)c(-c2cn(C)c3ccccc23)n1. The summed E-state index contributed by atoms with van der Waals surface area (Å²) in [7, 11) is 4.80. The van der Waals surface area contributed by atoms with E-state index in [1.54, 1.807) is 19.9 Å². The minimum atomic E-state index is -2.79. The van der Waals surface area contributed by atoms with E-state index < -0.39 is 18.9 Å². The maximum Gasteiger partial charge on any atom is 0.342 e. The molecule has 2 heterocycles. The van der Waals surface area contributed by atoms with E-state index in [0.717, 1.165) is 17.0 Å². The summed E-state index contributed by atoms with van der Waals surface area (Å²) in [5, 5.41) is 6.71. The molecule has 226 valence electrons. The number of aromatic nitrogens is 3. The molecule has 0 radical (unpaired) electrons. The van der Waals surface area contributed by atoms with Crippen LogP contribution < -0.4 is 20.3 Å². The van der Waals surface area contributed by atoms with E-state index in [2.05, 4.69) is 22.2 Å². The first-order valence-corrected chi connectivity index (χ1v) is 13.7. The van der Waals surface area contributed by atoms with Gasteiger partial charge >= 0.3 is 5.97 Å². The molecule has 0 spiro atoms. The zero-order valence-electron chi connectivity index (χ0n) is 28.3. The van der Waals surface area contributed by atoms with E-state index in [-0.39, 0.29) is 29.1 Å². The van der Waals surface area contributed by atoms with Gasteiger partial charge in [0.1, 0.15) is 11.3 Å². The van der Waals surface area contributed by atoms with Gasteiger partial charge in [-0.2, -0.15) is 0 Å². The number of anilines is 4. The molecule has 43 heavy (non-hydrogen) atoms. The molecule has 11 nitrogen and oxygen atoms in total. The largest absolute Gasteiger partial charge is 0.494 e. The zero-order valence-corrected chi connectivity index (χ0v) is 25.3. The standard InChI is InChI=1S/C32H39N7O4/c1-9-29(40)34-24-16-25(28(42-8)17-27(24)38(6)15-14-37(4)5)35-32-33-18-22(31(41)43-20(2)3)30(36-32)23-19-39(7)26-13-11-10-12-21(23)26/h9-13,16-20H,1,14-15H2,2-8H3,(H,34,40)(H,33,35,36)/i8D3. The van der Waals surface area contributed by atoms with Crippen LogP contribution in [0.1, 0.15) is 28.3 Å². The van der Waals surface area contributed by atoms with Crippen LogP contribution in [0.25, 0.3) is 22.2 Å². The van der Waals surface area contributed by atoms with Crippen molar-refractivity contribution in [2.75, 3.05) is 56.8 Å². The highest BCUT2D eigenvalue weighted by Gasteiger charge is 2.23. The lowest BCUT2D eigenvalue weighted by molar-refractivity contribution is -0.111. The van der Waals surface area contributed by atoms with E-state index in [9.17, 15) is 9.59 Å². The molecule has 0 saturated heterocycles. The molecule has 0 aliphatic carbocycles. The van der Waals surface area contributed by atoms with Crippen molar-refractivity contribution in [3.63, 3.8) is 0 Å². The van der Waals surface area contributed by atoms with Crippen molar-refractivity contribution in [3.05, 3.63) is 67.0 Å². The molecule has 2 N–H and O–H groups in total. The number of esters is 1. The number of rotatable bonds is 12. The Labute approximate surface area is 256 Å². The van der Waals surface area contributed by atoms with Gasteiger partial charge in [-0.15, -0.1) is 0 Å². The van der Waals surface area contributed by atoms with Crippen LogP contribution in [0, 0.1) is 0 Å². The number of carbonyl (C=O) groups excluding carboxylic acids is 2. The maximum atomic E-state index is 13.2. The number of likely N-dealkylation sites (N-methyl/N-ethyl adjacent to an activating group) is 2. The first-order valence-electron chi connectivity index (χ1n) is 15.2. The fourth-order valence-electron chi connectivity index (χ4n) is 4.55. The summed E-state index contributed by atoms with van der Waals surface area (Å²) in [6, 6.07) is 10.8. The van der Waals surface area contributed by atoms with Crippen molar-refractivity contribution in [1.82, 2.24) is 19.4 Å². The van der Waals surface area contributed by atoms with Crippen molar-refractivity contribution in [3.8, 4) is 17.0 Å². The Hall–Kier alpha value is -4.90. The van der Waals surface area contributed by atoms with Crippen LogP contribution in [0.3, 0.4) is 0 Å². The van der Waals surface area contributed by atoms with Crippen molar-refractivity contribution in [2.24, 2.45) is 7.05 Å². The molecule has 4 rings (SSSR count). The second-order valence-electron chi connectivity index (χ2n) is 10.6. The second-order valence-corrected chi connectivity index (χ2v) is 10.6. The number of methoxy groups -OCH3 is 1. The van der Waals surface area contributed by atoms with Crippen LogP contribution >= 0.6 is 0 Å². The third-order valence-corrected chi connectivity index (χ3v) is 6.69. The molecule has 0 saturated carbocycles. The molecule has 0 atom stereocenters. The predicted octanol–water partition coefficient (Wildman–Crippen LogP) is 5.08. The van der Waals surface area contributed by atoms with Crippen molar-refractivity contribution in [1.29, 1.82) is 0 Å². The molecular weight excluding hydrogens is 546 g/mol. The maximum absolute atomic E-state index is 13.2. The third-order valence-electron chi connectivity index (χ3n) is 6.69. The first-order chi connectivity index (χ1) is 21.7. The van der Waals surface area contributed by atoms with Gasteiger partial charge in [0.15, 0.2) is 0 Å². The number of ether oxygens (including phenoxy) is 2. The van der Waals surface area contributed by atoms with Gasteiger partial charge in [-0.3, -0.25) is 4.79 Å². The number of carbonyl (C=O) groups is 2. The van der Waals surface area contributed by atoms with Gasteiger partial charge < -0.3 is 34.5 Å². The van der Waals surface area contributed by atoms with Crippen LogP contribution in [-0.4, -0.2) is 78.7 Å². The molecule has 1 amide bonds.